The molecule has 3 aromatic heterocycles. The van der Waals surface area contributed by atoms with E-state index < -0.39 is 112 Å². The zero-order valence-corrected chi connectivity index (χ0v) is 70.5. The normalized spacial score (nSPS) is 16.9. The first-order valence-corrected chi connectivity index (χ1v) is 42.7. The van der Waals surface area contributed by atoms with Gasteiger partial charge >= 0.3 is 52.6 Å². The van der Waals surface area contributed by atoms with Crippen LogP contribution in [-0.2, 0) is 102 Å². The minimum Gasteiger partial charge on any atom is -0.724 e. The van der Waals surface area contributed by atoms with Gasteiger partial charge in [-0.05, 0) is 126 Å². The van der Waals surface area contributed by atoms with Crippen molar-refractivity contribution in [1.29, 1.82) is 10.8 Å². The second-order valence-corrected chi connectivity index (χ2v) is 39.0. The third kappa shape index (κ3) is 23.4. The lowest BCUT2D eigenvalue weighted by Gasteiger charge is -2.27. The van der Waals surface area contributed by atoms with E-state index in [0.717, 1.165) is 31.7 Å². The summed E-state index contributed by atoms with van der Waals surface area (Å²) in [6.45, 7) is 27.7. The molecule has 3 fully saturated rings. The van der Waals surface area contributed by atoms with E-state index in [1.807, 2.05) is 0 Å². The van der Waals surface area contributed by atoms with Crippen molar-refractivity contribution in [3.8, 4) is 0 Å². The quantitative estimate of drug-likeness (QED) is 0.00653. The molecule has 6 aliphatic rings. The number of allylic oxidation sites excluding steroid dienone is 1. The number of amidine groups is 2. The highest BCUT2D eigenvalue weighted by Crippen LogP contribution is 2.57. The van der Waals surface area contributed by atoms with Gasteiger partial charge in [0.1, 0.15) is 103 Å². The van der Waals surface area contributed by atoms with Crippen molar-refractivity contribution in [1.82, 2.24) is 54.6 Å². The molecule has 0 spiro atoms. The SMILES string of the molecule is C/C=C/[P+](c1ccccc1)(c1ccccc1)c1ccccc1.C=CCON1C(=O)N2Cc3nc(CN(C(=N)CC(=O)OC(C)(C)C)C(=O)OC(C)(C)C)sc3C1C2.CC(C)(C)OC(=O)CC(=N)N(Cc1nc2c(s1)C1CN(C2)C(=O)N1OS(=O)(=O)[O-])C(=O)OC(C)(C)C.NC(N)=NCc1nc2c(s1)C1CN(C2)C(=O)N1OS(=O)(=O)O. The number of ether oxygens (including phenoxy) is 4. The van der Waals surface area contributed by atoms with Crippen LogP contribution >= 0.6 is 41.3 Å². The van der Waals surface area contributed by atoms with Gasteiger partial charge in [0.15, 0.2) is 5.96 Å². The number of aromatic nitrogens is 3. The Morgan fingerprint density at radius 2 is 0.922 bits per heavy atom. The topological polar surface area (TPSA) is 472 Å². The van der Waals surface area contributed by atoms with Crippen molar-refractivity contribution in [2.75, 3.05) is 26.2 Å². The monoisotopic (exact) mass is 1700 g/mol. The van der Waals surface area contributed by atoms with E-state index in [1.54, 1.807) is 94.1 Å². The molecule has 36 nitrogen and oxygen atoms in total. The lowest BCUT2D eigenvalue weighted by atomic mass is 10.1. The second kappa shape index (κ2) is 36.1. The summed E-state index contributed by atoms with van der Waals surface area (Å²) >= 11 is 3.67. The Bertz CT molecular complexity index is 4830. The van der Waals surface area contributed by atoms with Crippen LogP contribution in [0.25, 0.3) is 0 Å². The predicted molar refractivity (Wildman–Crippen MR) is 426 cm³/mol. The fraction of sp³-hybridized carbons (Fsp3) is 0.438. The Morgan fingerprint density at radius 1 is 0.583 bits per heavy atom. The summed E-state index contributed by atoms with van der Waals surface area (Å²) in [5.74, 6) is 0.410. The van der Waals surface area contributed by atoms with Crippen LogP contribution in [0.5, 0.6) is 0 Å². The fourth-order valence-electron chi connectivity index (χ4n) is 12.4. The number of thiazole rings is 3. The van der Waals surface area contributed by atoms with Crippen LogP contribution in [-0.4, -0.2) is 189 Å². The smallest absolute Gasteiger partial charge is 0.418 e. The number of guanidine groups is 1. The molecule has 3 aromatic carbocycles. The van der Waals surface area contributed by atoms with Gasteiger partial charge in [0.2, 0.25) is 10.4 Å². The first kappa shape index (κ1) is 89.0. The van der Waals surface area contributed by atoms with Crippen molar-refractivity contribution in [3.63, 3.8) is 0 Å². The summed E-state index contributed by atoms with van der Waals surface area (Å²) in [5, 5.41) is 25.0. The summed E-state index contributed by atoms with van der Waals surface area (Å²) in [5.41, 5.74) is 9.16. The maximum absolute atomic E-state index is 13.0. The summed E-state index contributed by atoms with van der Waals surface area (Å²) in [4.78, 5) is 119. The molecule has 0 saturated carbocycles. The average molecular weight is 1710 g/mol. The first-order valence-electron chi connectivity index (χ1n) is 35.7. The minimum atomic E-state index is -5.19. The number of hydrogen-bond acceptors (Lipinski definition) is 28. The zero-order chi connectivity index (χ0) is 84.7. The van der Waals surface area contributed by atoms with E-state index in [9.17, 15) is 55.0 Å². The van der Waals surface area contributed by atoms with Gasteiger partial charge in [-0.15, -0.1) is 44.9 Å². The Morgan fingerprint density at radius 3 is 1.25 bits per heavy atom. The molecule has 7 N–H and O–H groups in total. The van der Waals surface area contributed by atoms with Gasteiger partial charge in [0.05, 0.1) is 103 Å². The number of hydroxylamine groups is 6. The molecular formula is C73H93N16O20PS5. The van der Waals surface area contributed by atoms with Crippen LogP contribution in [0.1, 0.15) is 168 Å². The first-order chi connectivity index (χ1) is 53.6. The van der Waals surface area contributed by atoms with Crippen molar-refractivity contribution in [3.05, 3.63) is 162 Å². The van der Waals surface area contributed by atoms with Crippen molar-refractivity contribution < 1.29 is 91.9 Å². The van der Waals surface area contributed by atoms with Crippen molar-refractivity contribution in [2.24, 2.45) is 16.5 Å². The summed E-state index contributed by atoms with van der Waals surface area (Å²) in [6, 6.07) is 29.2. The lowest BCUT2D eigenvalue weighted by molar-refractivity contribution is -0.154. The van der Waals surface area contributed by atoms with Gasteiger partial charge in [-0.2, -0.15) is 27.9 Å². The Labute approximate surface area is 678 Å². The number of nitrogens with two attached hydrogens (primary N) is 2. The number of nitrogens with one attached hydrogen (secondary N) is 2. The van der Waals surface area contributed by atoms with Crippen LogP contribution in [0.3, 0.4) is 0 Å². The molecular weight excluding hydrogens is 1610 g/mol. The van der Waals surface area contributed by atoms with Crippen LogP contribution in [0.2, 0.25) is 0 Å². The zero-order valence-electron chi connectivity index (χ0n) is 65.5. The summed E-state index contributed by atoms with van der Waals surface area (Å²) in [7, 11) is -11.7. The van der Waals surface area contributed by atoms with Gasteiger partial charge < -0.3 is 49.7 Å². The highest BCUT2D eigenvalue weighted by molar-refractivity contribution is 7.98. The number of nitrogens with zero attached hydrogens (tertiary/aromatic N) is 12. The molecule has 3 atom stereocenters. The standard InChI is InChI=1S/C23H33N5O6S.C21H20P.C20H29N5O9S2.C9H12N6O5S2/c1-8-9-32-28-15-12-26(20(28)30)11-14-19(15)35-17(25-14)13-27(21(31)34-23(5,6)7)16(24)10-18(29)33-22(2,3)4;1-2-18-22(19-12-6-3-7-13-19,20-14-8-4-9-15-20)21-16-10-5-11-17-21;1-19(2,3)32-15(26)7-13(21)24(18(28)33-20(4,5)6)10-14-22-11-8-23-9-12(16(11)35-14)25(17(23)27)34-36(29,30)31;10-8(11)12-1-6-13-4-2-14-3-5(7(4)21-6)15(9(14)16)20-22(17,18)19/h8,15,24H,1,9-13H2,2-7H3;2-18H,1H3;12,21H,7-10H2,1-6H3,(H,29,30,31);5H,1-3H2,(H4,10,11,12)(H,17,18,19)/q;+1;;/p-1/b;18-2+;;. The molecule has 6 aliphatic heterocycles. The molecule has 8 amide bonds. The van der Waals surface area contributed by atoms with E-state index in [0.29, 0.717) is 59.4 Å². The molecule has 620 valence electrons. The van der Waals surface area contributed by atoms with Gasteiger partial charge in [-0.25, -0.2) is 52.3 Å². The molecule has 115 heavy (non-hydrogen) atoms. The van der Waals surface area contributed by atoms with Crippen molar-refractivity contribution in [2.45, 2.75) is 183 Å². The number of aliphatic imine (C=N–C) groups is 1. The number of carbonyl (C=O) groups excluding carboxylic acids is 7. The molecule has 6 aromatic rings. The van der Waals surface area contributed by atoms with Crippen LogP contribution in [0.4, 0.5) is 24.0 Å². The van der Waals surface area contributed by atoms with Crippen LogP contribution < -0.4 is 27.4 Å². The number of amides is 8. The largest absolute Gasteiger partial charge is 0.724 e. The average Bonchev–Trinajstić information content (AvgIpc) is 1.74. The van der Waals surface area contributed by atoms with Gasteiger partial charge in [-0.1, -0.05) is 66.7 Å². The Hall–Kier alpha value is -9.94. The minimum absolute atomic E-state index is 0.0434. The summed E-state index contributed by atoms with van der Waals surface area (Å²) in [6.07, 6.45) is 1.26. The molecule has 3 unspecified atom stereocenters. The van der Waals surface area contributed by atoms with Gasteiger partial charge in [-0.3, -0.25) is 39.6 Å². The molecule has 12 rings (SSSR count). The summed E-state index contributed by atoms with van der Waals surface area (Å²) < 4.78 is 94.0. The number of carbonyl (C=O) groups is 7. The Balaban J connectivity index is 0.000000180. The number of benzene rings is 3. The molecule has 42 heteroatoms. The maximum atomic E-state index is 13.0. The third-order valence-corrected chi connectivity index (χ3v) is 24.8. The number of hydrogen-bond donors (Lipinski definition) is 5. The Kier molecular flexibility index (Phi) is 27.9. The van der Waals surface area contributed by atoms with Crippen LogP contribution in [0.15, 0.2) is 121 Å². The van der Waals surface area contributed by atoms with E-state index in [-0.39, 0.29) is 82.1 Å². The second-order valence-electron chi connectivity index (χ2n) is 30.3. The van der Waals surface area contributed by atoms with Crippen molar-refractivity contribution >= 4 is 138 Å². The number of esters is 2. The molecule has 0 aliphatic carbocycles. The molecule has 3 saturated heterocycles. The number of rotatable bonds is 21. The number of urea groups is 3. The third-order valence-electron chi connectivity index (χ3n) is 16.5. The van der Waals surface area contributed by atoms with E-state index in [2.05, 4.69) is 145 Å². The van der Waals surface area contributed by atoms with E-state index >= 15 is 0 Å². The predicted octanol–water partition coefficient (Wildman–Crippen LogP) is 9.73. The fourth-order valence-corrected chi connectivity index (χ4v) is 20.2. The van der Waals surface area contributed by atoms with Gasteiger partial charge in [0, 0.05) is 0 Å². The highest BCUT2D eigenvalue weighted by Gasteiger charge is 2.51. The van der Waals surface area contributed by atoms with Crippen LogP contribution in [0, 0.1) is 10.8 Å². The van der Waals surface area contributed by atoms with E-state index in [1.165, 1.54) is 53.5 Å². The van der Waals surface area contributed by atoms with Gasteiger partial charge in [0.25, 0.3) is 0 Å². The van der Waals surface area contributed by atoms with E-state index in [4.69, 9.17) is 50.6 Å². The molecule has 9 heterocycles. The lowest BCUT2D eigenvalue weighted by Crippen LogP contribution is -2.41. The highest BCUT2D eigenvalue weighted by atomic mass is 32.3. The maximum Gasteiger partial charge on any atom is 0.418 e. The molecule has 0 radical (unpaired) electrons. The molecule has 6 bridgehead atoms. The number of fused-ring (bicyclic) bond motifs is 12.